The Morgan fingerprint density at radius 3 is 2.29 bits per heavy atom. The van der Waals surface area contributed by atoms with E-state index in [1.165, 1.54) is 6.20 Å². The molecule has 4 aliphatic rings. The van der Waals surface area contributed by atoms with E-state index in [4.69, 9.17) is 0 Å². The van der Waals surface area contributed by atoms with Gasteiger partial charge in [-0.1, -0.05) is 0 Å². The van der Waals surface area contributed by atoms with Gasteiger partial charge in [-0.25, -0.2) is 13.8 Å². The summed E-state index contributed by atoms with van der Waals surface area (Å²) in [6, 6.07) is 2.89. The lowest BCUT2D eigenvalue weighted by Gasteiger charge is -2.62. The Morgan fingerprint density at radius 2 is 1.65 bits per heavy atom. The molecule has 4 saturated carbocycles. The first-order valence-corrected chi connectivity index (χ1v) is 10.6. The predicted octanol–water partition coefficient (Wildman–Crippen LogP) is 3.31. The quantitative estimate of drug-likeness (QED) is 0.786. The summed E-state index contributed by atoms with van der Waals surface area (Å²) in [6.07, 6.45) is 7.95. The fourth-order valence-electron chi connectivity index (χ4n) is 6.41. The van der Waals surface area contributed by atoms with E-state index >= 15 is 0 Å². The molecule has 0 aliphatic heterocycles. The lowest BCUT2D eigenvalue weighted by atomic mass is 9.49. The Labute approximate surface area is 178 Å². The number of hydrogen-bond donors (Lipinski definition) is 2. The molecule has 1 heterocycles. The van der Waals surface area contributed by atoms with Gasteiger partial charge < -0.3 is 10.6 Å². The molecule has 4 fully saturated rings. The van der Waals surface area contributed by atoms with Crippen molar-refractivity contribution in [2.24, 2.45) is 11.8 Å². The second-order valence-electron chi connectivity index (χ2n) is 9.60. The Hall–Kier alpha value is -2.90. The van der Waals surface area contributed by atoms with Crippen molar-refractivity contribution in [3.8, 4) is 0 Å². The lowest BCUT2D eigenvalue weighted by Crippen LogP contribution is -2.70. The summed E-state index contributed by atoms with van der Waals surface area (Å²) in [7, 11) is 0. The number of rotatable bonds is 4. The summed E-state index contributed by atoms with van der Waals surface area (Å²) in [4.78, 5) is 34.1. The van der Waals surface area contributed by atoms with E-state index in [2.05, 4.69) is 20.6 Å². The summed E-state index contributed by atoms with van der Waals surface area (Å²) in [5, 5.41) is 6.23. The Morgan fingerprint density at radius 1 is 1.00 bits per heavy atom. The SMILES string of the molecule is Cc1cncc(C(=O)NC23CC4CC(C2)CC(NC(=O)c2cc(F)ccc2F)(C4)C3)n1. The van der Waals surface area contributed by atoms with Crippen LogP contribution in [0.1, 0.15) is 65.1 Å². The van der Waals surface area contributed by atoms with Crippen molar-refractivity contribution in [3.63, 3.8) is 0 Å². The zero-order valence-corrected chi connectivity index (χ0v) is 17.3. The monoisotopic (exact) mass is 426 g/mol. The molecule has 2 N–H and O–H groups in total. The molecule has 1 aromatic carbocycles. The normalized spacial score (nSPS) is 30.8. The van der Waals surface area contributed by atoms with Crippen LogP contribution in [0.5, 0.6) is 0 Å². The molecule has 2 aromatic rings. The molecule has 2 unspecified atom stereocenters. The number of amides is 2. The van der Waals surface area contributed by atoms with Gasteiger partial charge in [0.1, 0.15) is 17.3 Å². The summed E-state index contributed by atoms with van der Waals surface area (Å²) in [5.74, 6) is -1.55. The molecule has 0 radical (unpaired) electrons. The summed E-state index contributed by atoms with van der Waals surface area (Å²) < 4.78 is 27.7. The molecule has 4 aliphatic carbocycles. The third-order valence-electron chi connectivity index (χ3n) is 6.98. The highest BCUT2D eigenvalue weighted by atomic mass is 19.1. The molecule has 31 heavy (non-hydrogen) atoms. The Bertz CT molecular complexity index is 1060. The van der Waals surface area contributed by atoms with Gasteiger partial charge in [0, 0.05) is 17.3 Å². The first-order valence-electron chi connectivity index (χ1n) is 10.6. The highest BCUT2D eigenvalue weighted by molar-refractivity contribution is 5.95. The average molecular weight is 426 g/mol. The molecule has 162 valence electrons. The first-order chi connectivity index (χ1) is 14.7. The van der Waals surface area contributed by atoms with Gasteiger partial charge in [0.15, 0.2) is 0 Å². The van der Waals surface area contributed by atoms with Crippen LogP contribution < -0.4 is 10.6 Å². The van der Waals surface area contributed by atoms with Crippen molar-refractivity contribution in [2.75, 3.05) is 0 Å². The number of aromatic nitrogens is 2. The fourth-order valence-corrected chi connectivity index (χ4v) is 6.41. The molecule has 1 aromatic heterocycles. The molecular weight excluding hydrogens is 402 g/mol. The van der Waals surface area contributed by atoms with Gasteiger partial charge in [-0.05, 0) is 75.5 Å². The Balaban J connectivity index is 1.39. The minimum atomic E-state index is -0.746. The number of hydrogen-bond acceptors (Lipinski definition) is 4. The van der Waals surface area contributed by atoms with Gasteiger partial charge in [0.2, 0.25) is 0 Å². The van der Waals surface area contributed by atoms with Crippen molar-refractivity contribution in [2.45, 2.75) is 56.5 Å². The highest BCUT2D eigenvalue weighted by Crippen LogP contribution is 2.57. The third kappa shape index (κ3) is 3.68. The number of nitrogens with one attached hydrogen (secondary N) is 2. The Kier molecular flexibility index (Phi) is 4.57. The van der Waals surface area contributed by atoms with E-state index < -0.39 is 28.6 Å². The van der Waals surface area contributed by atoms with E-state index in [9.17, 15) is 18.4 Å². The van der Waals surface area contributed by atoms with Gasteiger partial charge >= 0.3 is 0 Å². The van der Waals surface area contributed by atoms with Crippen molar-refractivity contribution in [3.05, 3.63) is 59.2 Å². The predicted molar refractivity (Wildman–Crippen MR) is 108 cm³/mol. The standard InChI is InChI=1S/C23H24F2N4O2/c1-13-10-26-11-19(27-13)21(31)29-23-8-14-4-15(9-23)7-22(6-14,12-23)28-20(30)17-5-16(24)2-3-18(17)25/h2-3,5,10-11,14-15H,4,6-9,12H2,1H3,(H,28,30)(H,29,31). The first kappa shape index (κ1) is 20.0. The largest absolute Gasteiger partial charge is 0.346 e. The molecule has 2 amide bonds. The molecule has 0 saturated heterocycles. The molecule has 6 rings (SSSR count). The molecule has 0 spiro atoms. The molecule has 2 atom stereocenters. The summed E-state index contributed by atoms with van der Waals surface area (Å²) in [5.41, 5.74) is -0.329. The maximum atomic E-state index is 14.1. The van der Waals surface area contributed by atoms with Gasteiger partial charge in [-0.3, -0.25) is 14.6 Å². The smallest absolute Gasteiger partial charge is 0.271 e. The number of aryl methyl sites for hydroxylation is 1. The van der Waals surface area contributed by atoms with Crippen molar-refractivity contribution < 1.29 is 18.4 Å². The number of carbonyl (C=O) groups excluding carboxylic acids is 2. The number of halogens is 2. The van der Waals surface area contributed by atoms with Crippen LogP contribution in [0, 0.1) is 30.4 Å². The van der Waals surface area contributed by atoms with E-state index in [1.54, 1.807) is 13.1 Å². The lowest BCUT2D eigenvalue weighted by molar-refractivity contribution is -0.0449. The van der Waals surface area contributed by atoms with Gasteiger partial charge in [0.05, 0.1) is 17.5 Å². The van der Waals surface area contributed by atoms with E-state index in [1.807, 2.05) is 0 Å². The van der Waals surface area contributed by atoms with Gasteiger partial charge in [-0.15, -0.1) is 0 Å². The third-order valence-corrected chi connectivity index (χ3v) is 6.98. The summed E-state index contributed by atoms with van der Waals surface area (Å²) >= 11 is 0. The second-order valence-corrected chi connectivity index (χ2v) is 9.60. The van der Waals surface area contributed by atoms with Crippen LogP contribution in [-0.2, 0) is 0 Å². The van der Waals surface area contributed by atoms with Crippen LogP contribution in [0.4, 0.5) is 8.78 Å². The second kappa shape index (κ2) is 7.07. The van der Waals surface area contributed by atoms with E-state index in [0.717, 1.165) is 50.3 Å². The maximum absolute atomic E-state index is 14.1. The minimum Gasteiger partial charge on any atom is -0.346 e. The number of carbonyl (C=O) groups is 2. The van der Waals surface area contributed by atoms with Crippen molar-refractivity contribution >= 4 is 11.8 Å². The van der Waals surface area contributed by atoms with Crippen LogP contribution in [0.3, 0.4) is 0 Å². The molecule has 8 heteroatoms. The zero-order chi connectivity index (χ0) is 21.8. The average Bonchev–Trinajstić information content (AvgIpc) is 2.68. The molecule has 4 bridgehead atoms. The molecule has 6 nitrogen and oxygen atoms in total. The van der Waals surface area contributed by atoms with Crippen LogP contribution >= 0.6 is 0 Å². The fraction of sp³-hybridized carbons (Fsp3) is 0.478. The van der Waals surface area contributed by atoms with Gasteiger partial charge in [0.25, 0.3) is 11.8 Å². The van der Waals surface area contributed by atoms with Crippen LogP contribution in [0.25, 0.3) is 0 Å². The maximum Gasteiger partial charge on any atom is 0.271 e. The van der Waals surface area contributed by atoms with Gasteiger partial charge in [-0.2, -0.15) is 0 Å². The van der Waals surface area contributed by atoms with Crippen molar-refractivity contribution in [1.82, 2.24) is 20.6 Å². The van der Waals surface area contributed by atoms with Crippen LogP contribution in [-0.4, -0.2) is 32.9 Å². The highest BCUT2D eigenvalue weighted by Gasteiger charge is 2.59. The zero-order valence-electron chi connectivity index (χ0n) is 17.3. The van der Waals surface area contributed by atoms with Crippen molar-refractivity contribution in [1.29, 1.82) is 0 Å². The number of benzene rings is 1. The topological polar surface area (TPSA) is 84.0 Å². The molecular formula is C23H24F2N4O2. The summed E-state index contributed by atoms with van der Waals surface area (Å²) in [6.45, 7) is 1.78. The minimum absolute atomic E-state index is 0.268. The van der Waals surface area contributed by atoms with E-state index in [0.29, 0.717) is 24.0 Å². The van der Waals surface area contributed by atoms with Crippen LogP contribution in [0.15, 0.2) is 30.6 Å². The van der Waals surface area contributed by atoms with E-state index in [-0.39, 0.29) is 17.2 Å². The van der Waals surface area contributed by atoms with Crippen LogP contribution in [0.2, 0.25) is 0 Å². The number of nitrogens with zero attached hydrogens (tertiary/aromatic N) is 2.